The van der Waals surface area contributed by atoms with Crippen molar-refractivity contribution in [2.24, 2.45) is 0 Å². The smallest absolute Gasteiger partial charge is 0.243 e. The monoisotopic (exact) mass is 292 g/mol. The van der Waals surface area contributed by atoms with Crippen molar-refractivity contribution in [2.45, 2.75) is 18.4 Å². The van der Waals surface area contributed by atoms with E-state index in [0.29, 0.717) is 12.2 Å². The van der Waals surface area contributed by atoms with Gasteiger partial charge < -0.3 is 5.11 Å². The average molecular weight is 292 g/mol. The molecule has 0 atom stereocenters. The maximum atomic E-state index is 12.5. The van der Waals surface area contributed by atoms with Crippen LogP contribution in [0.5, 0.6) is 5.75 Å². The molecule has 0 aliphatic carbocycles. The summed E-state index contributed by atoms with van der Waals surface area (Å²) in [4.78, 5) is 4.30. The van der Waals surface area contributed by atoms with Crippen LogP contribution in [0.1, 0.15) is 12.6 Å². The Morgan fingerprint density at radius 3 is 2.40 bits per heavy atom. The fraction of sp³-hybridized carbons (Fsp3) is 0.214. The summed E-state index contributed by atoms with van der Waals surface area (Å²) in [5, 5.41) is 9.23. The zero-order chi connectivity index (χ0) is 14.6. The zero-order valence-corrected chi connectivity index (χ0v) is 11.9. The van der Waals surface area contributed by atoms with E-state index in [2.05, 4.69) is 4.98 Å². The molecule has 106 valence electrons. The summed E-state index contributed by atoms with van der Waals surface area (Å²) in [5.41, 5.74) is 0.691. The van der Waals surface area contributed by atoms with Gasteiger partial charge in [0.1, 0.15) is 5.75 Å². The van der Waals surface area contributed by atoms with Gasteiger partial charge in [-0.25, -0.2) is 8.42 Å². The molecule has 0 spiro atoms. The molecule has 1 aromatic carbocycles. The normalized spacial score (nSPS) is 11.7. The third-order valence-corrected chi connectivity index (χ3v) is 4.83. The Kier molecular flexibility index (Phi) is 4.36. The van der Waals surface area contributed by atoms with Crippen LogP contribution in [0.4, 0.5) is 0 Å². The third-order valence-electron chi connectivity index (χ3n) is 2.89. The molecular formula is C14H16N2O3S. The number of benzene rings is 1. The molecule has 0 aliphatic rings. The maximum absolute atomic E-state index is 12.5. The highest BCUT2D eigenvalue weighted by atomic mass is 32.2. The minimum atomic E-state index is -3.58. The second-order valence-electron chi connectivity index (χ2n) is 4.25. The molecule has 0 saturated carbocycles. The molecule has 0 aliphatic heterocycles. The van der Waals surface area contributed by atoms with E-state index in [-0.39, 0.29) is 17.2 Å². The largest absolute Gasteiger partial charge is 0.508 e. The number of aromatic nitrogens is 1. The van der Waals surface area contributed by atoms with Crippen molar-refractivity contribution in [1.82, 2.24) is 9.29 Å². The lowest BCUT2D eigenvalue weighted by Gasteiger charge is -2.20. The summed E-state index contributed by atoms with van der Waals surface area (Å²) in [5.74, 6) is 0.0386. The Balaban J connectivity index is 2.28. The van der Waals surface area contributed by atoms with Gasteiger partial charge in [-0.2, -0.15) is 4.31 Å². The van der Waals surface area contributed by atoms with Gasteiger partial charge >= 0.3 is 0 Å². The molecule has 6 heteroatoms. The molecular weight excluding hydrogens is 276 g/mol. The van der Waals surface area contributed by atoms with Gasteiger partial charge in [-0.05, 0) is 36.4 Å². The summed E-state index contributed by atoms with van der Waals surface area (Å²) < 4.78 is 26.3. The lowest BCUT2D eigenvalue weighted by Crippen LogP contribution is -2.30. The highest BCUT2D eigenvalue weighted by molar-refractivity contribution is 7.89. The predicted molar refractivity (Wildman–Crippen MR) is 75.6 cm³/mol. The lowest BCUT2D eigenvalue weighted by molar-refractivity contribution is 0.419. The number of nitrogens with zero attached hydrogens (tertiary/aromatic N) is 2. The van der Waals surface area contributed by atoms with E-state index in [1.807, 2.05) is 6.07 Å². The van der Waals surface area contributed by atoms with Crippen LogP contribution in [-0.2, 0) is 16.6 Å². The first-order valence-corrected chi connectivity index (χ1v) is 7.67. The Hall–Kier alpha value is -1.92. The molecule has 0 bridgehead atoms. The van der Waals surface area contributed by atoms with Gasteiger partial charge in [-0.1, -0.05) is 13.0 Å². The molecule has 20 heavy (non-hydrogen) atoms. The van der Waals surface area contributed by atoms with Gasteiger partial charge in [0.15, 0.2) is 0 Å². The summed E-state index contributed by atoms with van der Waals surface area (Å²) in [7, 11) is -3.58. The first-order chi connectivity index (χ1) is 9.54. The van der Waals surface area contributed by atoms with E-state index in [9.17, 15) is 13.5 Å². The van der Waals surface area contributed by atoms with Crippen LogP contribution in [0.15, 0.2) is 53.6 Å². The Labute approximate surface area is 118 Å². The molecule has 0 fully saturated rings. The number of aromatic hydroxyl groups is 1. The second kappa shape index (κ2) is 6.02. The number of phenolic OH excluding ortho intramolecular Hbond substituents is 1. The highest BCUT2D eigenvalue weighted by Gasteiger charge is 2.23. The Morgan fingerprint density at radius 1 is 1.15 bits per heavy atom. The molecule has 1 aromatic heterocycles. The Morgan fingerprint density at radius 2 is 1.85 bits per heavy atom. The van der Waals surface area contributed by atoms with Gasteiger partial charge in [0.05, 0.1) is 17.1 Å². The fourth-order valence-electron chi connectivity index (χ4n) is 1.81. The standard InChI is InChI=1S/C14H16N2O3S/c1-2-16(11-12-5-3-4-10-15-12)20(18,19)14-8-6-13(17)7-9-14/h3-10,17H,2,11H2,1H3. The van der Waals surface area contributed by atoms with Crippen LogP contribution < -0.4 is 0 Å². The minimum absolute atomic E-state index is 0.0386. The number of pyridine rings is 1. The number of phenols is 1. The van der Waals surface area contributed by atoms with E-state index in [1.54, 1.807) is 25.3 Å². The number of rotatable bonds is 5. The molecule has 0 saturated heterocycles. The second-order valence-corrected chi connectivity index (χ2v) is 6.18. The highest BCUT2D eigenvalue weighted by Crippen LogP contribution is 2.20. The van der Waals surface area contributed by atoms with Crippen molar-refractivity contribution in [2.75, 3.05) is 6.54 Å². The summed E-state index contributed by atoms with van der Waals surface area (Å²) in [6, 6.07) is 10.9. The molecule has 2 aromatic rings. The van der Waals surface area contributed by atoms with Gasteiger partial charge in [-0.15, -0.1) is 0 Å². The SMILES string of the molecule is CCN(Cc1ccccn1)S(=O)(=O)c1ccc(O)cc1. The van der Waals surface area contributed by atoms with Gasteiger partial charge in [-0.3, -0.25) is 4.98 Å². The van der Waals surface area contributed by atoms with Gasteiger partial charge in [0.25, 0.3) is 0 Å². The van der Waals surface area contributed by atoms with E-state index in [0.717, 1.165) is 0 Å². The van der Waals surface area contributed by atoms with Gasteiger partial charge in [0.2, 0.25) is 10.0 Å². The van der Waals surface area contributed by atoms with E-state index in [1.165, 1.54) is 28.6 Å². The fourth-order valence-corrected chi connectivity index (χ4v) is 3.23. The van der Waals surface area contributed by atoms with E-state index >= 15 is 0 Å². The molecule has 0 radical (unpaired) electrons. The van der Waals surface area contributed by atoms with Crippen molar-refractivity contribution in [1.29, 1.82) is 0 Å². The topological polar surface area (TPSA) is 70.5 Å². The van der Waals surface area contributed by atoms with E-state index < -0.39 is 10.0 Å². The van der Waals surface area contributed by atoms with Crippen LogP contribution in [0.2, 0.25) is 0 Å². The number of sulfonamides is 1. The van der Waals surface area contributed by atoms with Crippen LogP contribution in [0, 0.1) is 0 Å². The van der Waals surface area contributed by atoms with Crippen molar-refractivity contribution in [3.05, 3.63) is 54.4 Å². The third kappa shape index (κ3) is 3.15. The van der Waals surface area contributed by atoms with Gasteiger partial charge in [0, 0.05) is 12.7 Å². The molecule has 0 amide bonds. The van der Waals surface area contributed by atoms with Crippen LogP contribution in [0.3, 0.4) is 0 Å². The average Bonchev–Trinajstić information content (AvgIpc) is 2.46. The van der Waals surface area contributed by atoms with Crippen LogP contribution >= 0.6 is 0 Å². The minimum Gasteiger partial charge on any atom is -0.508 e. The first-order valence-electron chi connectivity index (χ1n) is 6.23. The molecule has 5 nitrogen and oxygen atoms in total. The summed E-state index contributed by atoms with van der Waals surface area (Å²) >= 11 is 0. The summed E-state index contributed by atoms with van der Waals surface area (Å²) in [6.07, 6.45) is 1.64. The van der Waals surface area contributed by atoms with Crippen molar-refractivity contribution >= 4 is 10.0 Å². The molecule has 1 heterocycles. The van der Waals surface area contributed by atoms with Crippen LogP contribution in [-0.4, -0.2) is 29.4 Å². The molecule has 2 rings (SSSR count). The van der Waals surface area contributed by atoms with Crippen molar-refractivity contribution in [3.8, 4) is 5.75 Å². The first kappa shape index (κ1) is 14.5. The van der Waals surface area contributed by atoms with Crippen LogP contribution in [0.25, 0.3) is 0 Å². The Bertz CT molecular complexity index is 655. The van der Waals surface area contributed by atoms with Crippen molar-refractivity contribution < 1.29 is 13.5 Å². The lowest BCUT2D eigenvalue weighted by atomic mass is 10.3. The quantitative estimate of drug-likeness (QED) is 0.915. The predicted octanol–water partition coefficient (Wildman–Crippen LogP) is 2.00. The number of hydrogen-bond acceptors (Lipinski definition) is 4. The van der Waals surface area contributed by atoms with E-state index in [4.69, 9.17) is 0 Å². The zero-order valence-electron chi connectivity index (χ0n) is 11.1. The van der Waals surface area contributed by atoms with Crippen molar-refractivity contribution in [3.63, 3.8) is 0 Å². The molecule has 0 unspecified atom stereocenters. The number of hydrogen-bond donors (Lipinski definition) is 1. The summed E-state index contributed by atoms with van der Waals surface area (Å²) in [6.45, 7) is 2.35. The molecule has 1 N–H and O–H groups in total. The maximum Gasteiger partial charge on any atom is 0.243 e.